The molecule has 104 valence electrons. The second-order valence-electron chi connectivity index (χ2n) is 4.46. The van der Waals surface area contributed by atoms with E-state index in [1.165, 1.54) is 6.07 Å². The molecule has 2 aromatic carbocycles. The molecule has 0 saturated heterocycles. The number of nitrogens with zero attached hydrogens (tertiary/aromatic N) is 1. The normalized spacial score (nSPS) is 10.8. The Morgan fingerprint density at radius 1 is 1.19 bits per heavy atom. The van der Waals surface area contributed by atoms with E-state index in [1.807, 2.05) is 6.07 Å². The number of carbonyl (C=O) groups excluding carboxylic acids is 1. The van der Waals surface area contributed by atoms with E-state index in [0.717, 1.165) is 10.9 Å². The summed E-state index contributed by atoms with van der Waals surface area (Å²) in [6.45, 7) is 0. The molecule has 0 spiro atoms. The Bertz CT molecular complexity index is 866. The van der Waals surface area contributed by atoms with E-state index >= 15 is 0 Å². The first-order valence-corrected chi connectivity index (χ1v) is 7.28. The zero-order valence-electron chi connectivity index (χ0n) is 10.6. The minimum Gasteiger partial charge on any atom is -0.288 e. The first-order chi connectivity index (χ1) is 10.1. The predicted octanol–water partition coefficient (Wildman–Crippen LogP) is 5.02. The first kappa shape index (κ1) is 14.2. The fourth-order valence-electron chi connectivity index (χ4n) is 2.07. The van der Waals surface area contributed by atoms with Crippen molar-refractivity contribution in [3.05, 3.63) is 75.1 Å². The number of hydrogen-bond donors (Lipinski definition) is 0. The van der Waals surface area contributed by atoms with Crippen LogP contribution in [0.5, 0.6) is 0 Å². The molecule has 0 radical (unpaired) electrons. The van der Waals surface area contributed by atoms with Crippen molar-refractivity contribution in [2.45, 2.75) is 0 Å². The molecule has 0 saturated carbocycles. The van der Waals surface area contributed by atoms with Crippen LogP contribution in [0.3, 0.4) is 0 Å². The minimum atomic E-state index is -0.720. The number of aromatic nitrogens is 1. The number of benzene rings is 2. The lowest BCUT2D eigenvalue weighted by Gasteiger charge is -2.06. The Morgan fingerprint density at radius 2 is 2.00 bits per heavy atom. The van der Waals surface area contributed by atoms with Crippen LogP contribution in [0.2, 0.25) is 5.02 Å². The standard InChI is InChI=1S/C16H8BrClFNO/c17-12-5-4-11(15(19)14(12)18)16(21)10-3-6-13-9(8-10)2-1-7-20-13/h1-8H. The van der Waals surface area contributed by atoms with Crippen molar-refractivity contribution < 1.29 is 9.18 Å². The molecule has 3 rings (SSSR count). The van der Waals surface area contributed by atoms with Gasteiger partial charge in [-0.25, -0.2) is 4.39 Å². The van der Waals surface area contributed by atoms with Crippen molar-refractivity contribution in [1.82, 2.24) is 4.98 Å². The highest BCUT2D eigenvalue weighted by Gasteiger charge is 2.18. The third kappa shape index (κ3) is 2.57. The van der Waals surface area contributed by atoms with Crippen LogP contribution in [0.4, 0.5) is 4.39 Å². The predicted molar refractivity (Wildman–Crippen MR) is 84.3 cm³/mol. The topological polar surface area (TPSA) is 30.0 Å². The maximum atomic E-state index is 14.1. The van der Waals surface area contributed by atoms with Crippen LogP contribution in [0.15, 0.2) is 53.1 Å². The lowest BCUT2D eigenvalue weighted by molar-refractivity contribution is 0.103. The van der Waals surface area contributed by atoms with Gasteiger partial charge in [-0.1, -0.05) is 17.7 Å². The molecule has 5 heteroatoms. The molecule has 21 heavy (non-hydrogen) atoms. The molecule has 0 aliphatic carbocycles. The number of ketones is 1. The molecule has 0 N–H and O–H groups in total. The Labute approximate surface area is 133 Å². The number of hydrogen-bond acceptors (Lipinski definition) is 2. The molecule has 3 aromatic rings. The van der Waals surface area contributed by atoms with E-state index in [2.05, 4.69) is 20.9 Å². The van der Waals surface area contributed by atoms with Crippen LogP contribution in [0.1, 0.15) is 15.9 Å². The second-order valence-corrected chi connectivity index (χ2v) is 5.70. The minimum absolute atomic E-state index is 0.0496. The maximum absolute atomic E-state index is 14.1. The summed E-state index contributed by atoms with van der Waals surface area (Å²) in [5, 5.41) is 0.732. The third-order valence-electron chi connectivity index (χ3n) is 3.15. The van der Waals surface area contributed by atoms with Crippen LogP contribution in [0, 0.1) is 5.82 Å². The van der Waals surface area contributed by atoms with Gasteiger partial charge < -0.3 is 0 Å². The molecule has 0 atom stereocenters. The number of rotatable bonds is 2. The quantitative estimate of drug-likeness (QED) is 0.472. The van der Waals surface area contributed by atoms with Gasteiger partial charge in [-0.2, -0.15) is 0 Å². The Morgan fingerprint density at radius 3 is 2.81 bits per heavy atom. The molecule has 1 heterocycles. The van der Waals surface area contributed by atoms with Crippen molar-refractivity contribution in [3.8, 4) is 0 Å². The SMILES string of the molecule is O=C(c1ccc2ncccc2c1)c1ccc(Br)c(Cl)c1F. The van der Waals surface area contributed by atoms with E-state index in [4.69, 9.17) is 11.6 Å². The van der Waals surface area contributed by atoms with E-state index in [9.17, 15) is 9.18 Å². The van der Waals surface area contributed by atoms with E-state index in [0.29, 0.717) is 10.0 Å². The highest BCUT2D eigenvalue weighted by molar-refractivity contribution is 9.10. The summed E-state index contributed by atoms with van der Waals surface area (Å²) in [7, 11) is 0. The molecular weight excluding hydrogens is 357 g/mol. The summed E-state index contributed by atoms with van der Waals surface area (Å²) in [6, 6.07) is 11.7. The lowest BCUT2D eigenvalue weighted by Crippen LogP contribution is -2.05. The Balaban J connectivity index is 2.10. The van der Waals surface area contributed by atoms with Crippen LogP contribution in [-0.4, -0.2) is 10.8 Å². The van der Waals surface area contributed by atoms with Crippen LogP contribution in [0.25, 0.3) is 10.9 Å². The van der Waals surface area contributed by atoms with Crippen molar-refractivity contribution in [2.75, 3.05) is 0 Å². The fourth-order valence-corrected chi connectivity index (χ4v) is 2.54. The summed E-state index contributed by atoms with van der Waals surface area (Å²) in [5.74, 6) is -1.13. The van der Waals surface area contributed by atoms with Crippen LogP contribution >= 0.6 is 27.5 Å². The summed E-state index contributed by atoms with van der Waals surface area (Å²) in [4.78, 5) is 16.6. The zero-order valence-corrected chi connectivity index (χ0v) is 13.0. The molecule has 0 fully saturated rings. The summed E-state index contributed by atoms with van der Waals surface area (Å²) in [5.41, 5.74) is 1.13. The zero-order chi connectivity index (χ0) is 15.0. The number of fused-ring (bicyclic) bond motifs is 1. The third-order valence-corrected chi connectivity index (χ3v) is 4.40. The largest absolute Gasteiger partial charge is 0.288 e. The Hall–Kier alpha value is -1.78. The van der Waals surface area contributed by atoms with Gasteiger partial charge >= 0.3 is 0 Å². The molecule has 0 bridgehead atoms. The monoisotopic (exact) mass is 363 g/mol. The molecule has 0 aliphatic rings. The van der Waals surface area contributed by atoms with Crippen molar-refractivity contribution in [2.24, 2.45) is 0 Å². The number of halogens is 3. The number of carbonyl (C=O) groups is 1. The van der Waals surface area contributed by atoms with Gasteiger partial charge in [0.2, 0.25) is 0 Å². The van der Waals surface area contributed by atoms with Crippen molar-refractivity contribution in [1.29, 1.82) is 0 Å². The highest BCUT2D eigenvalue weighted by atomic mass is 79.9. The van der Waals surface area contributed by atoms with Crippen LogP contribution < -0.4 is 0 Å². The van der Waals surface area contributed by atoms with Gasteiger partial charge in [-0.3, -0.25) is 9.78 Å². The van der Waals surface area contributed by atoms with Crippen LogP contribution in [-0.2, 0) is 0 Å². The average Bonchev–Trinajstić information content (AvgIpc) is 2.52. The lowest BCUT2D eigenvalue weighted by atomic mass is 10.0. The van der Waals surface area contributed by atoms with E-state index < -0.39 is 11.6 Å². The smallest absolute Gasteiger partial charge is 0.196 e. The van der Waals surface area contributed by atoms with Crippen molar-refractivity contribution in [3.63, 3.8) is 0 Å². The maximum Gasteiger partial charge on any atom is 0.196 e. The highest BCUT2D eigenvalue weighted by Crippen LogP contribution is 2.29. The van der Waals surface area contributed by atoms with Gasteiger partial charge in [-0.15, -0.1) is 0 Å². The molecule has 0 unspecified atom stereocenters. The van der Waals surface area contributed by atoms with Gasteiger partial charge in [-0.05, 0) is 52.3 Å². The summed E-state index contributed by atoms with van der Waals surface area (Å²) >= 11 is 8.95. The summed E-state index contributed by atoms with van der Waals surface area (Å²) in [6.07, 6.45) is 1.68. The van der Waals surface area contributed by atoms with Gasteiger partial charge in [0.25, 0.3) is 0 Å². The van der Waals surface area contributed by atoms with Crippen molar-refractivity contribution >= 4 is 44.2 Å². The van der Waals surface area contributed by atoms with E-state index in [1.54, 1.807) is 36.5 Å². The van der Waals surface area contributed by atoms with Gasteiger partial charge in [0.15, 0.2) is 11.6 Å². The molecular formula is C16H8BrClFNO. The van der Waals surface area contributed by atoms with Gasteiger partial charge in [0.05, 0.1) is 16.1 Å². The first-order valence-electron chi connectivity index (χ1n) is 6.11. The average molecular weight is 365 g/mol. The van der Waals surface area contributed by atoms with E-state index in [-0.39, 0.29) is 10.6 Å². The molecule has 2 nitrogen and oxygen atoms in total. The number of pyridine rings is 1. The second kappa shape index (κ2) is 5.54. The molecule has 0 amide bonds. The molecule has 0 aliphatic heterocycles. The van der Waals surface area contributed by atoms with Gasteiger partial charge in [0, 0.05) is 21.6 Å². The fraction of sp³-hybridized carbons (Fsp3) is 0. The summed E-state index contributed by atoms with van der Waals surface area (Å²) < 4.78 is 14.5. The molecule has 1 aromatic heterocycles. The Kier molecular flexibility index (Phi) is 3.74. The van der Waals surface area contributed by atoms with Gasteiger partial charge in [0.1, 0.15) is 0 Å².